The summed E-state index contributed by atoms with van der Waals surface area (Å²) < 4.78 is 0. The minimum absolute atomic E-state index is 0.364. The van der Waals surface area contributed by atoms with Gasteiger partial charge in [-0.3, -0.25) is 0 Å². The zero-order valence-electron chi connectivity index (χ0n) is 13.3. The maximum absolute atomic E-state index is 3.65. The first kappa shape index (κ1) is 16.0. The highest BCUT2D eigenvalue weighted by molar-refractivity contribution is 4.82. The predicted octanol–water partition coefficient (Wildman–Crippen LogP) is 3.67. The van der Waals surface area contributed by atoms with Crippen LogP contribution in [0.25, 0.3) is 0 Å². The van der Waals surface area contributed by atoms with Gasteiger partial charge in [0.05, 0.1) is 0 Å². The summed E-state index contributed by atoms with van der Waals surface area (Å²) in [5, 5.41) is 3.65. The smallest absolute Gasteiger partial charge is 0.0128 e. The number of rotatable bonds is 6. The van der Waals surface area contributed by atoms with Gasteiger partial charge in [-0.25, -0.2) is 0 Å². The molecule has 1 N–H and O–H groups in total. The van der Waals surface area contributed by atoms with Gasteiger partial charge in [0.2, 0.25) is 0 Å². The molecule has 0 aromatic heterocycles. The maximum atomic E-state index is 3.65. The summed E-state index contributed by atoms with van der Waals surface area (Å²) >= 11 is 0. The van der Waals surface area contributed by atoms with Crippen LogP contribution in [0.2, 0.25) is 0 Å². The standard InChI is InChI=1S/C16H34N2/c1-6-17-15(16(2,3)4)12-13-18(5)14-10-8-7-9-11-14/h14-15,17H,6-13H2,1-5H3. The molecule has 2 nitrogen and oxygen atoms in total. The van der Waals surface area contributed by atoms with Crippen molar-refractivity contribution in [1.29, 1.82) is 0 Å². The van der Waals surface area contributed by atoms with E-state index in [9.17, 15) is 0 Å². The van der Waals surface area contributed by atoms with Crippen molar-refractivity contribution in [2.24, 2.45) is 5.41 Å². The van der Waals surface area contributed by atoms with Gasteiger partial charge in [0.15, 0.2) is 0 Å². The summed E-state index contributed by atoms with van der Waals surface area (Å²) in [5.74, 6) is 0. The van der Waals surface area contributed by atoms with Crippen molar-refractivity contribution in [3.63, 3.8) is 0 Å². The van der Waals surface area contributed by atoms with Crippen molar-refractivity contribution in [3.8, 4) is 0 Å². The molecular formula is C16H34N2. The predicted molar refractivity (Wildman–Crippen MR) is 81.0 cm³/mol. The second kappa shape index (κ2) is 7.49. The highest BCUT2D eigenvalue weighted by Gasteiger charge is 2.25. The van der Waals surface area contributed by atoms with Crippen molar-refractivity contribution in [1.82, 2.24) is 10.2 Å². The summed E-state index contributed by atoms with van der Waals surface area (Å²) in [6.07, 6.45) is 8.42. The molecule has 18 heavy (non-hydrogen) atoms. The lowest BCUT2D eigenvalue weighted by molar-refractivity contribution is 0.164. The van der Waals surface area contributed by atoms with Gasteiger partial charge in [0, 0.05) is 12.1 Å². The first-order valence-corrected chi connectivity index (χ1v) is 7.88. The van der Waals surface area contributed by atoms with Gasteiger partial charge in [-0.05, 0) is 44.8 Å². The van der Waals surface area contributed by atoms with Crippen LogP contribution in [-0.2, 0) is 0 Å². The van der Waals surface area contributed by atoms with E-state index in [2.05, 4.69) is 45.0 Å². The number of hydrogen-bond donors (Lipinski definition) is 1. The Balaban J connectivity index is 2.36. The lowest BCUT2D eigenvalue weighted by Crippen LogP contribution is -2.44. The minimum Gasteiger partial charge on any atom is -0.314 e. The van der Waals surface area contributed by atoms with Crippen molar-refractivity contribution >= 4 is 0 Å². The third-order valence-corrected chi connectivity index (χ3v) is 4.46. The Kier molecular flexibility index (Phi) is 6.65. The SMILES string of the molecule is CCNC(CCN(C)C1CCCCC1)C(C)(C)C. The summed E-state index contributed by atoms with van der Waals surface area (Å²) in [7, 11) is 2.32. The second-order valence-electron chi connectivity index (χ2n) is 7.04. The molecule has 0 heterocycles. The Labute approximate surface area is 115 Å². The monoisotopic (exact) mass is 254 g/mol. The molecule has 0 aliphatic heterocycles. The van der Waals surface area contributed by atoms with Crippen LogP contribution in [0.5, 0.6) is 0 Å². The first-order chi connectivity index (χ1) is 8.45. The van der Waals surface area contributed by atoms with Crippen molar-refractivity contribution < 1.29 is 0 Å². The summed E-state index contributed by atoms with van der Waals surface area (Å²) in [6, 6.07) is 1.48. The van der Waals surface area contributed by atoms with Gasteiger partial charge < -0.3 is 10.2 Å². The Morgan fingerprint density at radius 3 is 2.28 bits per heavy atom. The largest absolute Gasteiger partial charge is 0.314 e. The van der Waals surface area contributed by atoms with E-state index in [0.29, 0.717) is 11.5 Å². The van der Waals surface area contributed by atoms with Gasteiger partial charge in [-0.1, -0.05) is 47.0 Å². The summed E-state index contributed by atoms with van der Waals surface area (Å²) in [6.45, 7) is 11.6. The van der Waals surface area contributed by atoms with E-state index in [-0.39, 0.29) is 0 Å². The molecule has 0 aromatic carbocycles. The van der Waals surface area contributed by atoms with Crippen LogP contribution in [-0.4, -0.2) is 37.1 Å². The molecule has 1 unspecified atom stereocenters. The summed E-state index contributed by atoms with van der Waals surface area (Å²) in [5.41, 5.74) is 0.364. The van der Waals surface area contributed by atoms with E-state index in [1.807, 2.05) is 0 Å². The molecule has 0 spiro atoms. The topological polar surface area (TPSA) is 15.3 Å². The number of hydrogen-bond acceptors (Lipinski definition) is 2. The Morgan fingerprint density at radius 1 is 1.17 bits per heavy atom. The number of nitrogens with one attached hydrogen (secondary N) is 1. The molecule has 0 amide bonds. The number of nitrogens with zero attached hydrogens (tertiary/aromatic N) is 1. The zero-order chi connectivity index (χ0) is 13.6. The van der Waals surface area contributed by atoms with E-state index in [1.54, 1.807) is 0 Å². The van der Waals surface area contributed by atoms with Crippen LogP contribution in [0.4, 0.5) is 0 Å². The van der Waals surface area contributed by atoms with Crippen molar-refractivity contribution in [2.75, 3.05) is 20.1 Å². The average molecular weight is 254 g/mol. The van der Waals surface area contributed by atoms with Gasteiger partial charge >= 0.3 is 0 Å². The van der Waals surface area contributed by atoms with Crippen LogP contribution in [0.1, 0.15) is 66.2 Å². The third kappa shape index (κ3) is 5.27. The molecule has 108 valence electrons. The molecule has 0 saturated heterocycles. The Bertz CT molecular complexity index is 214. The van der Waals surface area contributed by atoms with E-state index >= 15 is 0 Å². The second-order valence-corrected chi connectivity index (χ2v) is 7.04. The molecule has 1 aliphatic carbocycles. The minimum atomic E-state index is 0.364. The van der Waals surface area contributed by atoms with Gasteiger partial charge in [-0.15, -0.1) is 0 Å². The molecule has 1 rings (SSSR count). The fourth-order valence-corrected chi connectivity index (χ4v) is 3.12. The lowest BCUT2D eigenvalue weighted by Gasteiger charge is -2.36. The molecule has 1 aliphatic rings. The van der Waals surface area contributed by atoms with Gasteiger partial charge in [-0.2, -0.15) is 0 Å². The Morgan fingerprint density at radius 2 is 1.78 bits per heavy atom. The molecule has 2 heteroatoms. The highest BCUT2D eigenvalue weighted by Crippen LogP contribution is 2.24. The molecule has 0 bridgehead atoms. The van der Waals surface area contributed by atoms with Crippen LogP contribution < -0.4 is 5.32 Å². The van der Waals surface area contributed by atoms with E-state index in [0.717, 1.165) is 12.6 Å². The molecule has 1 fully saturated rings. The van der Waals surface area contributed by atoms with Crippen LogP contribution >= 0.6 is 0 Å². The van der Waals surface area contributed by atoms with E-state index in [4.69, 9.17) is 0 Å². The molecule has 1 atom stereocenters. The van der Waals surface area contributed by atoms with E-state index < -0.39 is 0 Å². The molecule has 0 aromatic rings. The van der Waals surface area contributed by atoms with Gasteiger partial charge in [0.1, 0.15) is 0 Å². The highest BCUT2D eigenvalue weighted by atomic mass is 15.1. The normalized spacial score (nSPS) is 20.3. The fraction of sp³-hybridized carbons (Fsp3) is 1.00. The lowest BCUT2D eigenvalue weighted by atomic mass is 9.84. The van der Waals surface area contributed by atoms with Crippen molar-refractivity contribution in [2.45, 2.75) is 78.3 Å². The summed E-state index contributed by atoms with van der Waals surface area (Å²) in [4.78, 5) is 2.61. The van der Waals surface area contributed by atoms with E-state index in [1.165, 1.54) is 45.1 Å². The molecular weight excluding hydrogens is 220 g/mol. The van der Waals surface area contributed by atoms with Crippen LogP contribution in [0.3, 0.4) is 0 Å². The van der Waals surface area contributed by atoms with Crippen LogP contribution in [0.15, 0.2) is 0 Å². The Hall–Kier alpha value is -0.0800. The fourth-order valence-electron chi connectivity index (χ4n) is 3.12. The quantitative estimate of drug-likeness (QED) is 0.778. The molecule has 0 radical (unpaired) electrons. The average Bonchev–Trinajstić information content (AvgIpc) is 2.33. The molecule has 1 saturated carbocycles. The van der Waals surface area contributed by atoms with Crippen molar-refractivity contribution in [3.05, 3.63) is 0 Å². The maximum Gasteiger partial charge on any atom is 0.0128 e. The van der Waals surface area contributed by atoms with Crippen LogP contribution in [0, 0.1) is 5.41 Å². The first-order valence-electron chi connectivity index (χ1n) is 7.88. The zero-order valence-corrected chi connectivity index (χ0v) is 13.3. The third-order valence-electron chi connectivity index (χ3n) is 4.46. The van der Waals surface area contributed by atoms with Gasteiger partial charge in [0.25, 0.3) is 0 Å².